The van der Waals surface area contributed by atoms with E-state index in [-0.39, 0.29) is 0 Å². The summed E-state index contributed by atoms with van der Waals surface area (Å²) in [5.74, 6) is 0.853. The van der Waals surface area contributed by atoms with Crippen LogP contribution in [0.3, 0.4) is 0 Å². The molecule has 7 nitrogen and oxygen atoms in total. The van der Waals surface area contributed by atoms with Gasteiger partial charge in [0.05, 0.1) is 24.2 Å². The highest BCUT2D eigenvalue weighted by Gasteiger charge is 2.22. The molecule has 0 saturated heterocycles. The van der Waals surface area contributed by atoms with Crippen LogP contribution in [-0.2, 0) is 0 Å². The quantitative estimate of drug-likeness (QED) is 0.0797. The molecule has 0 N–H and O–H groups in total. The van der Waals surface area contributed by atoms with Crippen LogP contribution in [0.5, 0.6) is 5.75 Å². The van der Waals surface area contributed by atoms with Crippen LogP contribution in [0, 0.1) is 13.8 Å². The number of anilines is 15. The molecule has 0 radical (unpaired) electrons. The lowest BCUT2D eigenvalue weighted by molar-refractivity contribution is 0.415. The number of hydrogen-bond donors (Lipinski definition) is 0. The molecule has 0 saturated carbocycles. The summed E-state index contributed by atoms with van der Waals surface area (Å²) in [6.45, 7) is 4.25. The third-order valence-electron chi connectivity index (χ3n) is 21.4. The molecule has 18 aromatic carbocycles. The average molecular weight is 1490 g/mol. The van der Waals surface area contributed by atoms with E-state index in [0.29, 0.717) is 0 Å². The lowest BCUT2D eigenvalue weighted by Crippen LogP contribution is -2.12. The van der Waals surface area contributed by atoms with Crippen LogP contribution in [0.2, 0.25) is 0 Å². The van der Waals surface area contributed by atoms with Gasteiger partial charge in [0.1, 0.15) is 5.75 Å². The Morgan fingerprint density at radius 3 is 0.765 bits per heavy atom. The Hall–Kier alpha value is -14.7. The van der Waals surface area contributed by atoms with Gasteiger partial charge in [-0.1, -0.05) is 266 Å². The highest BCUT2D eigenvalue weighted by Crippen LogP contribution is 2.46. The van der Waals surface area contributed by atoms with Gasteiger partial charge < -0.3 is 34.1 Å². The van der Waals surface area contributed by atoms with Gasteiger partial charge >= 0.3 is 0 Å². The number of benzene rings is 18. The fourth-order valence-corrected chi connectivity index (χ4v) is 15.2. The summed E-state index contributed by atoms with van der Waals surface area (Å²) in [5.41, 5.74) is 26.8. The monoisotopic (exact) mass is 1490 g/mol. The summed E-state index contributed by atoms with van der Waals surface area (Å²) in [7, 11) is 8.01. The van der Waals surface area contributed by atoms with E-state index in [1.807, 2.05) is 12.1 Å². The number of aryl methyl sites for hydroxylation is 2. The number of rotatable bonds is 19. The van der Waals surface area contributed by atoms with Crippen LogP contribution < -0.4 is 34.1 Å². The van der Waals surface area contributed by atoms with Gasteiger partial charge in [-0.05, 0) is 245 Å². The molecule has 0 amide bonds. The van der Waals surface area contributed by atoms with E-state index in [1.54, 1.807) is 7.11 Å². The highest BCUT2D eigenvalue weighted by atomic mass is 16.5. The lowest BCUT2D eigenvalue weighted by atomic mass is 10.0. The van der Waals surface area contributed by atoms with Crippen molar-refractivity contribution in [3.8, 4) is 39.1 Å². The zero-order chi connectivity index (χ0) is 78.4. The molecule has 0 aliphatic heterocycles. The number of hydrogen-bond acceptors (Lipinski definition) is 7. The summed E-state index contributed by atoms with van der Waals surface area (Å²) >= 11 is 0. The molecule has 0 aliphatic carbocycles. The smallest absolute Gasteiger partial charge is 0.119 e. The molecule has 0 unspecified atom stereocenters. The van der Waals surface area contributed by atoms with Crippen molar-refractivity contribution in [1.82, 2.24) is 0 Å². The van der Waals surface area contributed by atoms with Crippen molar-refractivity contribution in [2.75, 3.05) is 57.7 Å². The van der Waals surface area contributed by atoms with Crippen LogP contribution in [0.4, 0.5) is 85.3 Å². The third kappa shape index (κ3) is 16.9. The van der Waals surface area contributed by atoms with Crippen LogP contribution >= 0.6 is 0 Å². The van der Waals surface area contributed by atoms with Crippen molar-refractivity contribution in [3.63, 3.8) is 0 Å². The Bertz CT molecular complexity index is 6260. The van der Waals surface area contributed by atoms with Crippen molar-refractivity contribution >= 4 is 118 Å². The molecule has 7 heteroatoms. The maximum absolute atomic E-state index is 5.32. The summed E-state index contributed by atoms with van der Waals surface area (Å²) in [5, 5.41) is 7.33. The summed E-state index contributed by atoms with van der Waals surface area (Å²) < 4.78 is 5.32. The average Bonchev–Trinajstić information content (AvgIpc) is 0.783. The first kappa shape index (κ1) is 74.4. The predicted molar refractivity (Wildman–Crippen MR) is 492 cm³/mol. The molecule has 115 heavy (non-hydrogen) atoms. The van der Waals surface area contributed by atoms with Gasteiger partial charge in [-0.3, -0.25) is 0 Å². The Labute approximate surface area is 676 Å². The maximum atomic E-state index is 5.32. The maximum Gasteiger partial charge on any atom is 0.119 e. The molecular weight excluding hydrogens is 1400 g/mol. The molecule has 18 aromatic rings. The number of ether oxygens (including phenoxy) is 1. The van der Waals surface area contributed by atoms with Crippen molar-refractivity contribution in [1.29, 1.82) is 0 Å². The minimum absolute atomic E-state index is 0.853. The molecular formula is C108H90N6O. The van der Waals surface area contributed by atoms with Crippen LogP contribution in [-0.4, -0.2) is 28.3 Å². The van der Waals surface area contributed by atoms with E-state index < -0.39 is 0 Å². The minimum atomic E-state index is 0.853. The molecule has 0 atom stereocenters. The zero-order valence-electron chi connectivity index (χ0n) is 65.7. The minimum Gasteiger partial charge on any atom is -0.497 e. The molecule has 0 aromatic heterocycles. The number of methoxy groups -OCH3 is 1. The first-order valence-corrected chi connectivity index (χ1v) is 39.1. The fraction of sp³-hybridized carbons (Fsp3) is 0.0556. The summed E-state index contributed by atoms with van der Waals surface area (Å²) in [4.78, 5) is 13.7. The van der Waals surface area contributed by atoms with Gasteiger partial charge in [-0.15, -0.1) is 0 Å². The van der Waals surface area contributed by atoms with Gasteiger partial charge in [0.25, 0.3) is 0 Å². The first-order valence-electron chi connectivity index (χ1n) is 39.1. The molecule has 0 heterocycles. The SMILES string of the molecule is COc1ccc(N(C)c2ccc(N(c3cccc(-c4ccccc4)c3)c3cccc4ccccc34)cc2)cc1.Cc1ccc(N(C)c2ccc(N(c3cccc(-c4ccccc4)c3)c3cccc4ccccc34)cc2)cc1.Cc1cccc(N(C)c2ccc(N(c3cccc(-c4ccccc4)c3)c3cccc4ccccc34)cc2)c1. The number of nitrogens with zero attached hydrogens (tertiary/aromatic N) is 6. The van der Waals surface area contributed by atoms with E-state index in [4.69, 9.17) is 4.74 Å². The van der Waals surface area contributed by atoms with Crippen molar-refractivity contribution < 1.29 is 4.74 Å². The largest absolute Gasteiger partial charge is 0.497 e. The molecule has 0 aliphatic rings. The van der Waals surface area contributed by atoms with Gasteiger partial charge in [0.2, 0.25) is 0 Å². The van der Waals surface area contributed by atoms with Crippen LogP contribution in [0.15, 0.2) is 437 Å². The van der Waals surface area contributed by atoms with Gasteiger partial charge in [0, 0.05) is 106 Å². The second-order valence-electron chi connectivity index (χ2n) is 28.8. The number of fused-ring (bicyclic) bond motifs is 3. The van der Waals surface area contributed by atoms with Crippen LogP contribution in [0.1, 0.15) is 11.1 Å². The van der Waals surface area contributed by atoms with Gasteiger partial charge in [0.15, 0.2) is 0 Å². The normalized spacial score (nSPS) is 10.9. The van der Waals surface area contributed by atoms with E-state index in [9.17, 15) is 0 Å². The molecule has 0 bridgehead atoms. The molecule has 558 valence electrons. The van der Waals surface area contributed by atoms with E-state index >= 15 is 0 Å². The standard InChI is InChI=1S/C36H30N2O.2C36H30N2/c1-37(31-22-24-34(39-2)25-23-31)30-18-20-32(21-19-30)38(36-17-9-13-28-12-6-7-16-35(28)36)33-15-8-14-29(26-33)27-10-4-3-5-11-27;1-27-11-8-17-33(25-27)37(2)31-21-23-32(24-22-31)38(36-20-10-15-29-14-6-7-19-35(29)36)34-18-9-16-30(26-34)28-12-4-3-5-13-28;1-27-18-20-31(21-19-27)37(2)32-22-24-33(25-23-32)38(36-17-9-13-29-12-6-7-16-35(29)36)34-15-8-14-30(26-34)28-10-4-3-5-11-28/h3-26H,1-2H3;2*3-26H,1-2H3. The van der Waals surface area contributed by atoms with E-state index in [1.165, 1.54) is 88.2 Å². The fourth-order valence-electron chi connectivity index (χ4n) is 15.2. The molecule has 0 spiro atoms. The third-order valence-corrected chi connectivity index (χ3v) is 21.4. The Morgan fingerprint density at radius 2 is 0.435 bits per heavy atom. The summed E-state index contributed by atoms with van der Waals surface area (Å²) in [6, 6.07) is 155. The second-order valence-corrected chi connectivity index (χ2v) is 28.8. The van der Waals surface area contributed by atoms with E-state index in [0.717, 1.165) is 79.7 Å². The van der Waals surface area contributed by atoms with Crippen molar-refractivity contribution in [2.24, 2.45) is 0 Å². The van der Waals surface area contributed by atoms with Gasteiger partial charge in [-0.2, -0.15) is 0 Å². The van der Waals surface area contributed by atoms with Crippen molar-refractivity contribution in [2.45, 2.75) is 13.8 Å². The van der Waals surface area contributed by atoms with E-state index in [2.05, 4.69) is 489 Å². The molecule has 18 rings (SSSR count). The Balaban J connectivity index is 0.000000130. The van der Waals surface area contributed by atoms with Gasteiger partial charge in [-0.25, -0.2) is 0 Å². The topological polar surface area (TPSA) is 28.7 Å². The zero-order valence-corrected chi connectivity index (χ0v) is 65.7. The Morgan fingerprint density at radius 1 is 0.183 bits per heavy atom. The molecule has 0 fully saturated rings. The summed E-state index contributed by atoms with van der Waals surface area (Å²) in [6.07, 6.45) is 0. The Kier molecular flexibility index (Phi) is 22.5. The van der Waals surface area contributed by atoms with Crippen LogP contribution in [0.25, 0.3) is 65.7 Å². The van der Waals surface area contributed by atoms with Crippen molar-refractivity contribution in [3.05, 3.63) is 448 Å². The second kappa shape index (κ2) is 34.7. The highest BCUT2D eigenvalue weighted by molar-refractivity contribution is 6.02. The first-order chi connectivity index (χ1) is 56.5. The predicted octanol–water partition coefficient (Wildman–Crippen LogP) is 29.9. The lowest BCUT2D eigenvalue weighted by Gasteiger charge is -2.28.